The molecule has 3 nitrogen and oxygen atoms in total. The first kappa shape index (κ1) is 6.45. The maximum Gasteiger partial charge on any atom is 0.184 e. The highest BCUT2D eigenvalue weighted by Crippen LogP contribution is 2.05. The fourth-order valence-corrected chi connectivity index (χ4v) is 0.634. The number of ketones is 1. The largest absolute Gasteiger partial charge is 0.365 e. The van der Waals surface area contributed by atoms with Gasteiger partial charge < -0.3 is 9.84 Å². The molecule has 0 fully saturated rings. The van der Waals surface area contributed by atoms with Crippen molar-refractivity contribution in [3.05, 3.63) is 12.2 Å². The minimum atomic E-state index is -0.905. The Morgan fingerprint density at radius 3 is 2.89 bits per heavy atom. The Labute approximate surface area is 52.9 Å². The number of rotatable bonds is 0. The fraction of sp³-hybridized carbons (Fsp3) is 0.500. The average molecular weight is 128 g/mol. The van der Waals surface area contributed by atoms with Crippen LogP contribution in [0.3, 0.4) is 0 Å². The van der Waals surface area contributed by atoms with Gasteiger partial charge in [0.2, 0.25) is 0 Å². The zero-order chi connectivity index (χ0) is 6.85. The van der Waals surface area contributed by atoms with Gasteiger partial charge in [-0.3, -0.25) is 4.79 Å². The predicted molar refractivity (Wildman–Crippen MR) is 30.7 cm³/mol. The van der Waals surface area contributed by atoms with Gasteiger partial charge in [0.1, 0.15) is 6.10 Å². The number of ether oxygens (including phenoxy) is 1. The Morgan fingerprint density at radius 2 is 2.44 bits per heavy atom. The van der Waals surface area contributed by atoms with Gasteiger partial charge in [-0.1, -0.05) is 0 Å². The van der Waals surface area contributed by atoms with Crippen LogP contribution in [0.25, 0.3) is 0 Å². The summed E-state index contributed by atoms with van der Waals surface area (Å²) < 4.78 is 4.72. The van der Waals surface area contributed by atoms with Gasteiger partial charge in [0.05, 0.1) is 0 Å². The molecule has 0 bridgehead atoms. The van der Waals surface area contributed by atoms with Crippen molar-refractivity contribution in [2.75, 3.05) is 0 Å². The molecule has 2 atom stereocenters. The van der Waals surface area contributed by atoms with Crippen molar-refractivity contribution in [3.8, 4) is 0 Å². The Hall–Kier alpha value is -0.670. The lowest BCUT2D eigenvalue weighted by Crippen LogP contribution is -2.28. The van der Waals surface area contributed by atoms with E-state index < -0.39 is 12.4 Å². The molecule has 0 radical (unpaired) electrons. The molecule has 0 aromatic carbocycles. The number of aliphatic hydroxyl groups is 1. The van der Waals surface area contributed by atoms with Crippen LogP contribution in [0, 0.1) is 0 Å². The summed E-state index contributed by atoms with van der Waals surface area (Å²) in [6.07, 6.45) is 1.25. The fourth-order valence-electron chi connectivity index (χ4n) is 0.634. The molecule has 1 aliphatic heterocycles. The third-order valence-corrected chi connectivity index (χ3v) is 1.17. The zero-order valence-electron chi connectivity index (χ0n) is 5.07. The van der Waals surface area contributed by atoms with Gasteiger partial charge in [0.15, 0.2) is 12.1 Å². The number of carbonyl (C=O) groups excluding carboxylic acids is 1. The highest BCUT2D eigenvalue weighted by Gasteiger charge is 2.18. The minimum Gasteiger partial charge on any atom is -0.365 e. The van der Waals surface area contributed by atoms with Crippen LogP contribution < -0.4 is 0 Å². The third kappa shape index (κ3) is 1.37. The van der Waals surface area contributed by atoms with Crippen molar-refractivity contribution in [1.29, 1.82) is 0 Å². The van der Waals surface area contributed by atoms with Crippen LogP contribution in [0.1, 0.15) is 6.92 Å². The van der Waals surface area contributed by atoms with E-state index in [2.05, 4.69) is 0 Å². The first-order valence-electron chi connectivity index (χ1n) is 2.76. The second-order valence-corrected chi connectivity index (χ2v) is 1.93. The first-order valence-corrected chi connectivity index (χ1v) is 2.76. The van der Waals surface area contributed by atoms with Crippen molar-refractivity contribution in [1.82, 2.24) is 0 Å². The van der Waals surface area contributed by atoms with Gasteiger partial charge in [-0.25, -0.2) is 0 Å². The SMILES string of the molecule is C[C@@H]1O[C@@H](O)C=CC1=O. The van der Waals surface area contributed by atoms with Crippen LogP contribution in [0.2, 0.25) is 0 Å². The first-order chi connectivity index (χ1) is 4.20. The lowest BCUT2D eigenvalue weighted by Gasteiger charge is -2.16. The number of hydrogen-bond acceptors (Lipinski definition) is 3. The summed E-state index contributed by atoms with van der Waals surface area (Å²) in [6, 6.07) is 0. The van der Waals surface area contributed by atoms with Gasteiger partial charge in [-0.2, -0.15) is 0 Å². The van der Waals surface area contributed by atoms with E-state index >= 15 is 0 Å². The van der Waals surface area contributed by atoms with Gasteiger partial charge in [-0.15, -0.1) is 0 Å². The molecule has 0 saturated heterocycles. The van der Waals surface area contributed by atoms with Crippen molar-refractivity contribution in [2.45, 2.75) is 19.3 Å². The summed E-state index contributed by atoms with van der Waals surface area (Å²) in [5.74, 6) is -0.0969. The maximum absolute atomic E-state index is 10.6. The van der Waals surface area contributed by atoms with Crippen LogP contribution in [0.15, 0.2) is 12.2 Å². The molecule has 0 aromatic heterocycles. The summed E-state index contributed by atoms with van der Waals surface area (Å²) in [6.45, 7) is 1.61. The highest BCUT2D eigenvalue weighted by molar-refractivity contribution is 5.93. The smallest absolute Gasteiger partial charge is 0.184 e. The number of hydrogen-bond donors (Lipinski definition) is 1. The van der Waals surface area contributed by atoms with Crippen LogP contribution in [-0.2, 0) is 9.53 Å². The van der Waals surface area contributed by atoms with Crippen molar-refractivity contribution >= 4 is 5.78 Å². The van der Waals surface area contributed by atoms with Gasteiger partial charge in [0.25, 0.3) is 0 Å². The summed E-state index contributed by atoms with van der Waals surface area (Å²) >= 11 is 0. The molecule has 1 aliphatic rings. The quantitative estimate of drug-likeness (QED) is 0.493. The van der Waals surface area contributed by atoms with Gasteiger partial charge in [-0.05, 0) is 19.1 Å². The monoisotopic (exact) mass is 128 g/mol. The Bertz CT molecular complexity index is 150. The predicted octanol–water partition coefficient (Wildman–Crippen LogP) is -0.151. The molecule has 0 aromatic rings. The summed E-state index contributed by atoms with van der Waals surface area (Å²) in [5, 5.41) is 8.74. The molecule has 1 rings (SSSR count). The van der Waals surface area contributed by atoms with Gasteiger partial charge >= 0.3 is 0 Å². The lowest BCUT2D eigenvalue weighted by atomic mass is 10.2. The molecular weight excluding hydrogens is 120 g/mol. The molecule has 0 spiro atoms. The Morgan fingerprint density at radius 1 is 1.78 bits per heavy atom. The van der Waals surface area contributed by atoms with Crippen LogP contribution >= 0.6 is 0 Å². The number of aliphatic hydroxyl groups excluding tert-OH is 1. The van der Waals surface area contributed by atoms with Crippen LogP contribution in [0.4, 0.5) is 0 Å². The standard InChI is InChI=1S/C6H8O3/c1-4-5(7)2-3-6(8)9-4/h2-4,6,8H,1H3/t4-,6+/m0/s1. The van der Waals surface area contributed by atoms with Crippen LogP contribution in [0.5, 0.6) is 0 Å². The van der Waals surface area contributed by atoms with E-state index in [1.807, 2.05) is 0 Å². The Balaban J connectivity index is 2.65. The van der Waals surface area contributed by atoms with E-state index in [0.29, 0.717) is 0 Å². The molecule has 0 aliphatic carbocycles. The molecule has 0 amide bonds. The second kappa shape index (κ2) is 2.29. The zero-order valence-corrected chi connectivity index (χ0v) is 5.07. The molecule has 0 unspecified atom stereocenters. The summed E-state index contributed by atoms with van der Waals surface area (Å²) in [4.78, 5) is 10.6. The van der Waals surface area contributed by atoms with E-state index in [9.17, 15) is 4.79 Å². The third-order valence-electron chi connectivity index (χ3n) is 1.17. The molecule has 50 valence electrons. The molecule has 3 heteroatoms. The number of carbonyl (C=O) groups is 1. The second-order valence-electron chi connectivity index (χ2n) is 1.93. The van der Waals surface area contributed by atoms with Crippen molar-refractivity contribution < 1.29 is 14.6 Å². The summed E-state index contributed by atoms with van der Waals surface area (Å²) in [7, 11) is 0. The summed E-state index contributed by atoms with van der Waals surface area (Å²) in [5.41, 5.74) is 0. The van der Waals surface area contributed by atoms with Gasteiger partial charge in [0, 0.05) is 0 Å². The molecule has 9 heavy (non-hydrogen) atoms. The topological polar surface area (TPSA) is 46.5 Å². The maximum atomic E-state index is 10.6. The van der Waals surface area contributed by atoms with Crippen molar-refractivity contribution in [2.24, 2.45) is 0 Å². The molecule has 0 saturated carbocycles. The minimum absolute atomic E-state index is 0.0969. The van der Waals surface area contributed by atoms with E-state index in [-0.39, 0.29) is 5.78 Å². The van der Waals surface area contributed by atoms with E-state index in [0.717, 1.165) is 0 Å². The van der Waals surface area contributed by atoms with E-state index in [4.69, 9.17) is 9.84 Å². The molecule has 1 heterocycles. The van der Waals surface area contributed by atoms with E-state index in [1.165, 1.54) is 12.2 Å². The molecular formula is C6H8O3. The van der Waals surface area contributed by atoms with Crippen LogP contribution in [-0.4, -0.2) is 23.3 Å². The Kier molecular flexibility index (Phi) is 1.64. The van der Waals surface area contributed by atoms with Crippen molar-refractivity contribution in [3.63, 3.8) is 0 Å². The normalized spacial score (nSPS) is 35.1. The average Bonchev–Trinajstić information content (AvgIpc) is 1.80. The van der Waals surface area contributed by atoms with E-state index in [1.54, 1.807) is 6.92 Å². The highest BCUT2D eigenvalue weighted by atomic mass is 16.6. The lowest BCUT2D eigenvalue weighted by molar-refractivity contribution is -0.145. The molecule has 1 N–H and O–H groups in total.